The summed E-state index contributed by atoms with van der Waals surface area (Å²) in [5.74, 6) is 0. The van der Waals surface area contributed by atoms with Crippen molar-refractivity contribution in [1.82, 2.24) is 0 Å². The Morgan fingerprint density at radius 2 is 0.796 bits per heavy atom. The van der Waals surface area contributed by atoms with Gasteiger partial charge in [0.15, 0.2) is 0 Å². The molecule has 2 heteroatoms. The average Bonchev–Trinajstić information content (AvgIpc) is 3.65. The van der Waals surface area contributed by atoms with Gasteiger partial charge in [-0.3, -0.25) is 0 Å². The van der Waals surface area contributed by atoms with E-state index in [1.165, 1.54) is 44.2 Å². The van der Waals surface area contributed by atoms with E-state index in [1.54, 1.807) is 0 Å². The minimum Gasteiger partial charge on any atom is -0.455 e. The first-order valence-corrected chi connectivity index (χ1v) is 18.4. The zero-order valence-electron chi connectivity index (χ0n) is 29.6. The molecule has 0 aliphatic heterocycles. The zero-order valence-corrected chi connectivity index (χ0v) is 29.6. The summed E-state index contributed by atoms with van der Waals surface area (Å²) in [5, 5.41) is 4.67. The lowest BCUT2D eigenvalue weighted by Gasteiger charge is -2.27. The van der Waals surface area contributed by atoms with E-state index in [0.717, 1.165) is 50.1 Å². The van der Waals surface area contributed by atoms with Crippen LogP contribution in [0.3, 0.4) is 0 Å². The summed E-state index contributed by atoms with van der Waals surface area (Å²) in [7, 11) is 0. The third-order valence-corrected chi connectivity index (χ3v) is 10.5. The maximum Gasteiger partial charge on any atom is 0.145 e. The van der Waals surface area contributed by atoms with Crippen LogP contribution in [0.4, 0.5) is 17.1 Å². The van der Waals surface area contributed by atoms with Crippen LogP contribution in [0, 0.1) is 0 Å². The predicted molar refractivity (Wildman–Crippen MR) is 228 cm³/mol. The fraction of sp³-hybridized carbons (Fsp3) is 0. The molecule has 0 fully saturated rings. The zero-order chi connectivity index (χ0) is 35.8. The lowest BCUT2D eigenvalue weighted by atomic mass is 9.95. The van der Waals surface area contributed by atoms with Crippen LogP contribution in [-0.2, 0) is 0 Å². The molecule has 1 heterocycles. The number of nitrogens with zero attached hydrogens (tertiary/aromatic N) is 1. The van der Waals surface area contributed by atoms with E-state index in [0.29, 0.717) is 0 Å². The number of furan rings is 1. The highest BCUT2D eigenvalue weighted by Gasteiger charge is 2.22. The molecule has 0 aliphatic carbocycles. The van der Waals surface area contributed by atoms with Gasteiger partial charge in [-0.25, -0.2) is 0 Å². The second kappa shape index (κ2) is 13.4. The molecule has 0 spiro atoms. The summed E-state index contributed by atoms with van der Waals surface area (Å²) < 4.78 is 6.80. The van der Waals surface area contributed by atoms with Crippen molar-refractivity contribution in [3.63, 3.8) is 0 Å². The molecule has 0 unspecified atom stereocenters. The summed E-state index contributed by atoms with van der Waals surface area (Å²) in [6.07, 6.45) is 0. The van der Waals surface area contributed by atoms with Crippen molar-refractivity contribution in [2.45, 2.75) is 0 Å². The van der Waals surface area contributed by atoms with E-state index in [1.807, 2.05) is 6.07 Å². The highest BCUT2D eigenvalue weighted by molar-refractivity contribution is 6.17. The standard InChI is InChI=1S/C52H35NO/c1-3-12-36(13-4-1)38-26-30-43(31-27-38)53(44-32-28-39(29-33-44)37-14-5-2-6-15-37)49-35-34-47(52-51(49)48-19-9-10-21-50(48)54-52)42-24-22-41(23-25-42)46-20-11-17-40-16-7-8-18-45(40)46/h1-35H. The summed E-state index contributed by atoms with van der Waals surface area (Å²) in [4.78, 5) is 2.36. The second-order valence-electron chi connectivity index (χ2n) is 13.7. The van der Waals surface area contributed by atoms with E-state index in [4.69, 9.17) is 4.42 Å². The smallest absolute Gasteiger partial charge is 0.145 e. The van der Waals surface area contributed by atoms with Crippen molar-refractivity contribution in [1.29, 1.82) is 0 Å². The highest BCUT2D eigenvalue weighted by atomic mass is 16.3. The van der Waals surface area contributed by atoms with E-state index >= 15 is 0 Å². The summed E-state index contributed by atoms with van der Waals surface area (Å²) in [6.45, 7) is 0. The van der Waals surface area contributed by atoms with Gasteiger partial charge in [-0.15, -0.1) is 0 Å². The van der Waals surface area contributed by atoms with E-state index in [9.17, 15) is 0 Å². The lowest BCUT2D eigenvalue weighted by Crippen LogP contribution is -2.10. The maximum absolute atomic E-state index is 6.80. The van der Waals surface area contributed by atoms with Gasteiger partial charge in [-0.2, -0.15) is 0 Å². The Morgan fingerprint density at radius 3 is 1.43 bits per heavy atom. The van der Waals surface area contributed by atoms with Gasteiger partial charge in [0.1, 0.15) is 11.2 Å². The number of hydrogen-bond donors (Lipinski definition) is 0. The van der Waals surface area contributed by atoms with Gasteiger partial charge < -0.3 is 9.32 Å². The van der Waals surface area contributed by atoms with Gasteiger partial charge in [0, 0.05) is 22.3 Å². The molecule has 0 N–H and O–H groups in total. The Kier molecular flexibility index (Phi) is 7.85. The third kappa shape index (κ3) is 5.62. The number of rotatable bonds is 7. The Balaban J connectivity index is 1.13. The molecule has 0 atom stereocenters. The Bertz CT molecular complexity index is 2800. The molecule has 0 saturated heterocycles. The number of anilines is 3. The van der Waals surface area contributed by atoms with Gasteiger partial charge in [0.05, 0.1) is 11.1 Å². The van der Waals surface area contributed by atoms with Gasteiger partial charge in [-0.05, 0) is 92.2 Å². The fourth-order valence-electron chi connectivity index (χ4n) is 7.83. The van der Waals surface area contributed by atoms with Gasteiger partial charge in [0.25, 0.3) is 0 Å². The Hall–Kier alpha value is -7.16. The van der Waals surface area contributed by atoms with Crippen LogP contribution >= 0.6 is 0 Å². The molecule has 54 heavy (non-hydrogen) atoms. The van der Waals surface area contributed by atoms with Gasteiger partial charge >= 0.3 is 0 Å². The molecule has 9 aromatic carbocycles. The van der Waals surface area contributed by atoms with Crippen molar-refractivity contribution in [2.75, 3.05) is 4.90 Å². The minimum atomic E-state index is 0.868. The normalized spacial score (nSPS) is 11.3. The molecular weight excluding hydrogens is 655 g/mol. The SMILES string of the molecule is c1ccc(-c2ccc(N(c3ccc(-c4ccccc4)cc3)c3ccc(-c4ccc(-c5cccc6ccccc56)cc4)c4oc5ccccc5c34)cc2)cc1. The number of benzene rings is 9. The summed E-state index contributed by atoms with van der Waals surface area (Å²) >= 11 is 0. The van der Waals surface area contributed by atoms with Crippen LogP contribution in [0.25, 0.3) is 77.2 Å². The van der Waals surface area contributed by atoms with Gasteiger partial charge in [0.2, 0.25) is 0 Å². The molecule has 254 valence electrons. The summed E-state index contributed by atoms with van der Waals surface area (Å²) in [6, 6.07) is 75.7. The second-order valence-corrected chi connectivity index (χ2v) is 13.7. The molecule has 2 nitrogen and oxygen atoms in total. The number of para-hydroxylation sites is 1. The van der Waals surface area contributed by atoms with Crippen molar-refractivity contribution < 1.29 is 4.42 Å². The van der Waals surface area contributed by atoms with Crippen LogP contribution in [-0.4, -0.2) is 0 Å². The Morgan fingerprint density at radius 1 is 0.315 bits per heavy atom. The van der Waals surface area contributed by atoms with Gasteiger partial charge in [-0.1, -0.05) is 170 Å². The van der Waals surface area contributed by atoms with Crippen LogP contribution in [0.5, 0.6) is 0 Å². The molecule has 10 rings (SSSR count). The average molecular weight is 690 g/mol. The van der Waals surface area contributed by atoms with Crippen LogP contribution < -0.4 is 4.90 Å². The first kappa shape index (κ1) is 31.6. The molecule has 0 aliphatic rings. The maximum atomic E-state index is 6.80. The molecule has 0 amide bonds. The van der Waals surface area contributed by atoms with Crippen molar-refractivity contribution in [2.24, 2.45) is 0 Å². The number of fused-ring (bicyclic) bond motifs is 4. The molecule has 0 bridgehead atoms. The fourth-order valence-corrected chi connectivity index (χ4v) is 7.83. The first-order valence-electron chi connectivity index (χ1n) is 18.4. The third-order valence-electron chi connectivity index (χ3n) is 10.5. The first-order chi connectivity index (χ1) is 26.8. The molecule has 1 aromatic heterocycles. The molecule has 0 saturated carbocycles. The van der Waals surface area contributed by atoms with E-state index in [2.05, 4.69) is 211 Å². The monoisotopic (exact) mass is 689 g/mol. The quantitative estimate of drug-likeness (QED) is 0.166. The van der Waals surface area contributed by atoms with Crippen LogP contribution in [0.1, 0.15) is 0 Å². The lowest BCUT2D eigenvalue weighted by molar-refractivity contribution is 0.670. The Labute approximate surface area is 314 Å². The van der Waals surface area contributed by atoms with E-state index in [-0.39, 0.29) is 0 Å². The minimum absolute atomic E-state index is 0.868. The number of hydrogen-bond acceptors (Lipinski definition) is 2. The van der Waals surface area contributed by atoms with Crippen molar-refractivity contribution in [3.05, 3.63) is 212 Å². The predicted octanol–water partition coefficient (Wildman–Crippen LogP) is 14.9. The van der Waals surface area contributed by atoms with Crippen molar-refractivity contribution >= 4 is 49.8 Å². The van der Waals surface area contributed by atoms with Crippen LogP contribution in [0.2, 0.25) is 0 Å². The molecule has 0 radical (unpaired) electrons. The van der Waals surface area contributed by atoms with E-state index < -0.39 is 0 Å². The topological polar surface area (TPSA) is 16.4 Å². The summed E-state index contributed by atoms with van der Waals surface area (Å²) in [5.41, 5.74) is 14.3. The molecule has 10 aromatic rings. The molecular formula is C52H35NO. The van der Waals surface area contributed by atoms with Crippen molar-refractivity contribution in [3.8, 4) is 44.5 Å². The highest BCUT2D eigenvalue weighted by Crippen LogP contribution is 2.46. The van der Waals surface area contributed by atoms with Crippen LogP contribution in [0.15, 0.2) is 217 Å². The largest absolute Gasteiger partial charge is 0.455 e.